The molecule has 33 heavy (non-hydrogen) atoms. The number of morpholine rings is 1. The molecule has 0 aliphatic carbocycles. The van der Waals surface area contributed by atoms with Crippen LogP contribution >= 0.6 is 11.3 Å². The molecule has 0 bridgehead atoms. The molecule has 2 aliphatic rings. The van der Waals surface area contributed by atoms with E-state index in [2.05, 4.69) is 27.0 Å². The summed E-state index contributed by atoms with van der Waals surface area (Å²) in [4.78, 5) is 33.6. The summed E-state index contributed by atoms with van der Waals surface area (Å²) in [6.45, 7) is 6.46. The number of aromatic nitrogens is 1. The van der Waals surface area contributed by atoms with Crippen molar-refractivity contribution in [3.05, 3.63) is 52.0 Å². The summed E-state index contributed by atoms with van der Waals surface area (Å²) in [6.07, 6.45) is 2.60. The SMILES string of the molecule is O=C(NCCCN1CCOCC1)c1csc(C2CCN(C(=O)C#Cc3ccccc3)CC2)n1. The average Bonchev–Trinajstić information content (AvgIpc) is 3.37. The molecule has 1 N–H and O–H groups in total. The number of nitrogens with zero attached hydrogens (tertiary/aromatic N) is 3. The molecule has 3 heterocycles. The Morgan fingerprint density at radius 3 is 2.64 bits per heavy atom. The van der Waals surface area contributed by atoms with Crippen LogP contribution in [0, 0.1) is 11.8 Å². The van der Waals surface area contributed by atoms with Gasteiger partial charge in [-0.05, 0) is 37.9 Å². The number of carbonyl (C=O) groups is 2. The highest BCUT2D eigenvalue weighted by Gasteiger charge is 2.25. The highest BCUT2D eigenvalue weighted by Crippen LogP contribution is 2.30. The Balaban J connectivity index is 1.19. The van der Waals surface area contributed by atoms with Gasteiger partial charge in [-0.25, -0.2) is 4.98 Å². The van der Waals surface area contributed by atoms with Crippen LogP contribution in [0.25, 0.3) is 0 Å². The van der Waals surface area contributed by atoms with Crippen LogP contribution in [0.5, 0.6) is 0 Å². The first-order chi connectivity index (χ1) is 16.2. The Hall–Kier alpha value is -2.73. The number of carbonyl (C=O) groups excluding carboxylic acids is 2. The zero-order valence-corrected chi connectivity index (χ0v) is 19.6. The minimum Gasteiger partial charge on any atom is -0.379 e. The van der Waals surface area contributed by atoms with Crippen molar-refractivity contribution >= 4 is 23.2 Å². The fourth-order valence-corrected chi connectivity index (χ4v) is 5.03. The number of benzene rings is 1. The van der Waals surface area contributed by atoms with E-state index in [1.54, 1.807) is 0 Å². The number of likely N-dealkylation sites (tertiary alicyclic amines) is 1. The van der Waals surface area contributed by atoms with Gasteiger partial charge in [-0.1, -0.05) is 24.1 Å². The predicted octanol–water partition coefficient (Wildman–Crippen LogP) is 2.35. The Morgan fingerprint density at radius 1 is 1.12 bits per heavy atom. The van der Waals surface area contributed by atoms with E-state index in [4.69, 9.17) is 4.74 Å². The van der Waals surface area contributed by atoms with Gasteiger partial charge in [-0.2, -0.15) is 0 Å². The van der Waals surface area contributed by atoms with Crippen molar-refractivity contribution in [1.82, 2.24) is 20.1 Å². The summed E-state index contributed by atoms with van der Waals surface area (Å²) in [5.41, 5.74) is 1.34. The minimum atomic E-state index is -0.131. The lowest BCUT2D eigenvalue weighted by molar-refractivity contribution is -0.126. The molecule has 0 radical (unpaired) electrons. The molecule has 2 aromatic rings. The topological polar surface area (TPSA) is 74.8 Å². The zero-order valence-electron chi connectivity index (χ0n) is 18.8. The Morgan fingerprint density at radius 2 is 1.88 bits per heavy atom. The second-order valence-electron chi connectivity index (χ2n) is 8.32. The second-order valence-corrected chi connectivity index (χ2v) is 9.21. The fraction of sp³-hybridized carbons (Fsp3) is 0.480. The average molecular weight is 467 g/mol. The molecule has 2 aliphatic heterocycles. The van der Waals surface area contributed by atoms with Crippen LogP contribution in [0.2, 0.25) is 0 Å². The number of piperidine rings is 1. The van der Waals surface area contributed by atoms with Gasteiger partial charge in [-0.3, -0.25) is 14.5 Å². The number of amides is 2. The van der Waals surface area contributed by atoms with Crippen molar-refractivity contribution in [2.45, 2.75) is 25.2 Å². The van der Waals surface area contributed by atoms with Gasteiger partial charge in [0, 0.05) is 55.5 Å². The third kappa shape index (κ3) is 6.87. The van der Waals surface area contributed by atoms with Crippen molar-refractivity contribution in [2.24, 2.45) is 0 Å². The molecule has 8 heteroatoms. The van der Waals surface area contributed by atoms with E-state index in [0.717, 1.165) is 62.7 Å². The van der Waals surface area contributed by atoms with Crippen molar-refractivity contribution in [1.29, 1.82) is 0 Å². The molecule has 2 fully saturated rings. The summed E-state index contributed by atoms with van der Waals surface area (Å²) in [7, 11) is 0. The molecule has 4 rings (SSSR count). The Bertz CT molecular complexity index is 984. The first-order valence-corrected chi connectivity index (χ1v) is 12.5. The summed E-state index contributed by atoms with van der Waals surface area (Å²) >= 11 is 1.54. The normalized spacial score (nSPS) is 17.3. The van der Waals surface area contributed by atoms with E-state index in [0.29, 0.717) is 25.3 Å². The third-order valence-electron chi connectivity index (χ3n) is 6.01. The van der Waals surface area contributed by atoms with Crippen LogP contribution in [-0.4, -0.2) is 79.1 Å². The van der Waals surface area contributed by atoms with E-state index in [1.165, 1.54) is 11.3 Å². The number of thiazole rings is 1. The number of hydrogen-bond donors (Lipinski definition) is 1. The maximum atomic E-state index is 12.5. The zero-order chi connectivity index (χ0) is 22.9. The molecule has 2 saturated heterocycles. The Kier molecular flexibility index (Phi) is 8.47. The van der Waals surface area contributed by atoms with Crippen LogP contribution in [0.3, 0.4) is 0 Å². The summed E-state index contributed by atoms with van der Waals surface area (Å²) in [6, 6.07) is 9.54. The lowest BCUT2D eigenvalue weighted by Gasteiger charge is -2.29. The first-order valence-electron chi connectivity index (χ1n) is 11.6. The van der Waals surface area contributed by atoms with Crippen LogP contribution < -0.4 is 5.32 Å². The quantitative estimate of drug-likeness (QED) is 0.523. The van der Waals surface area contributed by atoms with Gasteiger partial charge < -0.3 is 15.0 Å². The second kappa shape index (κ2) is 11.9. The lowest BCUT2D eigenvalue weighted by atomic mass is 9.97. The Labute approximate surface area is 199 Å². The van der Waals surface area contributed by atoms with E-state index in [1.807, 2.05) is 40.6 Å². The smallest absolute Gasteiger partial charge is 0.298 e. The predicted molar refractivity (Wildman–Crippen MR) is 128 cm³/mol. The molecule has 1 aromatic carbocycles. The van der Waals surface area contributed by atoms with Crippen LogP contribution in [0.1, 0.15) is 46.2 Å². The molecule has 0 unspecified atom stereocenters. The van der Waals surface area contributed by atoms with Gasteiger partial charge in [0.15, 0.2) is 0 Å². The molecular weight excluding hydrogens is 436 g/mol. The van der Waals surface area contributed by atoms with E-state index < -0.39 is 0 Å². The molecule has 7 nitrogen and oxygen atoms in total. The summed E-state index contributed by atoms with van der Waals surface area (Å²) < 4.78 is 5.36. The van der Waals surface area contributed by atoms with Gasteiger partial charge in [0.2, 0.25) is 0 Å². The lowest BCUT2D eigenvalue weighted by Crippen LogP contribution is -2.38. The van der Waals surface area contributed by atoms with Gasteiger partial charge >= 0.3 is 0 Å². The molecule has 0 atom stereocenters. The molecule has 0 saturated carbocycles. The number of hydrogen-bond acceptors (Lipinski definition) is 6. The van der Waals surface area contributed by atoms with Crippen LogP contribution in [0.15, 0.2) is 35.7 Å². The van der Waals surface area contributed by atoms with Crippen molar-refractivity contribution < 1.29 is 14.3 Å². The molecule has 1 aromatic heterocycles. The van der Waals surface area contributed by atoms with E-state index in [-0.39, 0.29) is 17.7 Å². The highest BCUT2D eigenvalue weighted by molar-refractivity contribution is 7.09. The minimum absolute atomic E-state index is 0.108. The largest absolute Gasteiger partial charge is 0.379 e. The standard InChI is InChI=1S/C25H30N4O3S/c30-23(8-7-20-5-2-1-3-6-20)29-13-9-21(10-14-29)25-27-22(19-33-25)24(31)26-11-4-12-28-15-17-32-18-16-28/h1-3,5-6,19,21H,4,9-18H2,(H,26,31). The van der Waals surface area contributed by atoms with E-state index >= 15 is 0 Å². The van der Waals surface area contributed by atoms with Crippen molar-refractivity contribution in [3.8, 4) is 11.8 Å². The van der Waals surface area contributed by atoms with Crippen LogP contribution in [-0.2, 0) is 9.53 Å². The molecule has 174 valence electrons. The van der Waals surface area contributed by atoms with Gasteiger partial charge in [0.25, 0.3) is 11.8 Å². The summed E-state index contributed by atoms with van der Waals surface area (Å²) in [5, 5.41) is 5.81. The molecule has 2 amide bonds. The monoisotopic (exact) mass is 466 g/mol. The molecular formula is C25H30N4O3S. The van der Waals surface area contributed by atoms with Crippen molar-refractivity contribution in [2.75, 3.05) is 52.5 Å². The van der Waals surface area contributed by atoms with Crippen LogP contribution in [0.4, 0.5) is 0 Å². The summed E-state index contributed by atoms with van der Waals surface area (Å²) in [5.74, 6) is 5.73. The fourth-order valence-electron chi connectivity index (χ4n) is 4.06. The number of nitrogens with one attached hydrogen (secondary N) is 1. The number of ether oxygens (including phenoxy) is 1. The van der Waals surface area contributed by atoms with Gasteiger partial charge in [-0.15, -0.1) is 11.3 Å². The van der Waals surface area contributed by atoms with Crippen molar-refractivity contribution in [3.63, 3.8) is 0 Å². The maximum absolute atomic E-state index is 12.5. The molecule has 0 spiro atoms. The van der Waals surface area contributed by atoms with Gasteiger partial charge in [0.05, 0.1) is 18.2 Å². The first kappa shape index (κ1) is 23.4. The van der Waals surface area contributed by atoms with E-state index in [9.17, 15) is 9.59 Å². The third-order valence-corrected chi connectivity index (χ3v) is 7.02. The maximum Gasteiger partial charge on any atom is 0.298 e. The highest BCUT2D eigenvalue weighted by atomic mass is 32.1. The van der Waals surface area contributed by atoms with Gasteiger partial charge in [0.1, 0.15) is 5.69 Å². The number of rotatable bonds is 6.